The summed E-state index contributed by atoms with van der Waals surface area (Å²) in [6.45, 7) is 13.9. The monoisotopic (exact) mass is 258 g/mol. The van der Waals surface area contributed by atoms with Gasteiger partial charge in [-0.1, -0.05) is 12.1 Å². The summed E-state index contributed by atoms with van der Waals surface area (Å²) in [7, 11) is 0. The Morgan fingerprint density at radius 2 is 1.84 bits per heavy atom. The first kappa shape index (κ1) is 13.1. The van der Waals surface area contributed by atoms with E-state index < -0.39 is 0 Å². The molecule has 0 radical (unpaired) electrons. The number of hydrogen-bond acceptors (Lipinski definition) is 2. The summed E-state index contributed by atoms with van der Waals surface area (Å²) in [6, 6.07) is 5.46. The Hall–Kier alpha value is -0.860. The lowest BCUT2D eigenvalue weighted by Gasteiger charge is -2.25. The first-order valence-electron chi connectivity index (χ1n) is 7.57. The lowest BCUT2D eigenvalue weighted by molar-refractivity contribution is 0.231. The van der Waals surface area contributed by atoms with Crippen molar-refractivity contribution in [3.05, 3.63) is 34.4 Å². The third kappa shape index (κ3) is 2.32. The molecular weight excluding hydrogens is 232 g/mol. The van der Waals surface area contributed by atoms with Crippen LogP contribution in [0, 0.1) is 32.6 Å². The summed E-state index contributed by atoms with van der Waals surface area (Å²) >= 11 is 0. The number of likely N-dealkylation sites (tertiary alicyclic amines) is 1. The molecule has 2 nitrogen and oxygen atoms in total. The van der Waals surface area contributed by atoms with Crippen molar-refractivity contribution >= 4 is 0 Å². The predicted octanol–water partition coefficient (Wildman–Crippen LogP) is 2.65. The van der Waals surface area contributed by atoms with Crippen LogP contribution in [0.5, 0.6) is 0 Å². The molecule has 2 saturated heterocycles. The molecule has 1 aromatic carbocycles. The molecule has 0 saturated carbocycles. The molecule has 2 aliphatic rings. The van der Waals surface area contributed by atoms with Gasteiger partial charge in [0.15, 0.2) is 0 Å². The van der Waals surface area contributed by atoms with Crippen molar-refractivity contribution in [2.75, 3.05) is 19.6 Å². The van der Waals surface area contributed by atoms with Crippen LogP contribution in [0.15, 0.2) is 12.1 Å². The summed E-state index contributed by atoms with van der Waals surface area (Å²) in [4.78, 5) is 2.69. The fourth-order valence-corrected chi connectivity index (χ4v) is 3.87. The van der Waals surface area contributed by atoms with E-state index in [0.29, 0.717) is 0 Å². The average Bonchev–Trinajstić information content (AvgIpc) is 2.91. The van der Waals surface area contributed by atoms with Crippen molar-refractivity contribution in [2.24, 2.45) is 11.8 Å². The second-order valence-electron chi connectivity index (χ2n) is 6.62. The molecule has 2 heterocycles. The molecule has 0 amide bonds. The summed E-state index contributed by atoms with van der Waals surface area (Å²) in [5, 5.41) is 3.54. The van der Waals surface area contributed by atoms with E-state index in [1.165, 1.54) is 41.9 Å². The van der Waals surface area contributed by atoms with E-state index in [4.69, 9.17) is 0 Å². The predicted molar refractivity (Wildman–Crippen MR) is 80.4 cm³/mol. The van der Waals surface area contributed by atoms with Crippen LogP contribution in [0.1, 0.15) is 29.2 Å². The van der Waals surface area contributed by atoms with E-state index in [-0.39, 0.29) is 0 Å². The minimum Gasteiger partial charge on any atom is -0.316 e. The molecule has 2 aliphatic heterocycles. The number of nitrogens with zero attached hydrogens (tertiary/aromatic N) is 1. The van der Waals surface area contributed by atoms with Crippen LogP contribution in [-0.2, 0) is 6.54 Å². The molecule has 1 aromatic rings. The van der Waals surface area contributed by atoms with Crippen LogP contribution in [0.3, 0.4) is 0 Å². The molecular formula is C17H26N2. The van der Waals surface area contributed by atoms with Gasteiger partial charge in [0.1, 0.15) is 0 Å². The zero-order valence-electron chi connectivity index (χ0n) is 12.7. The zero-order valence-corrected chi connectivity index (χ0v) is 12.7. The van der Waals surface area contributed by atoms with Gasteiger partial charge in [-0.25, -0.2) is 0 Å². The van der Waals surface area contributed by atoms with E-state index in [1.807, 2.05) is 0 Å². The van der Waals surface area contributed by atoms with E-state index in [2.05, 4.69) is 50.0 Å². The van der Waals surface area contributed by atoms with Gasteiger partial charge >= 0.3 is 0 Å². The van der Waals surface area contributed by atoms with Gasteiger partial charge in [-0.15, -0.1) is 0 Å². The van der Waals surface area contributed by atoms with E-state index in [9.17, 15) is 0 Å². The average molecular weight is 258 g/mol. The van der Waals surface area contributed by atoms with Crippen LogP contribution in [0.25, 0.3) is 0 Å². The van der Waals surface area contributed by atoms with Crippen LogP contribution in [-0.4, -0.2) is 30.6 Å². The van der Waals surface area contributed by atoms with Crippen molar-refractivity contribution < 1.29 is 0 Å². The highest BCUT2D eigenvalue weighted by Crippen LogP contribution is 2.33. The molecule has 3 unspecified atom stereocenters. The summed E-state index contributed by atoms with van der Waals surface area (Å²) in [5.74, 6) is 1.74. The molecule has 19 heavy (non-hydrogen) atoms. The van der Waals surface area contributed by atoms with Gasteiger partial charge in [-0.2, -0.15) is 0 Å². The molecule has 0 spiro atoms. The van der Waals surface area contributed by atoms with Crippen molar-refractivity contribution in [3.63, 3.8) is 0 Å². The van der Waals surface area contributed by atoms with Gasteiger partial charge in [0.2, 0.25) is 0 Å². The Labute approximate surface area is 117 Å². The first-order valence-corrected chi connectivity index (χ1v) is 7.57. The number of benzene rings is 1. The molecule has 3 atom stereocenters. The number of rotatable bonds is 2. The number of hydrogen-bond donors (Lipinski definition) is 1. The summed E-state index contributed by atoms with van der Waals surface area (Å²) in [5.41, 5.74) is 5.81. The summed E-state index contributed by atoms with van der Waals surface area (Å²) in [6.07, 6.45) is 0. The standard InChI is InChI=1S/C17H26N2/c1-11-5-13(3)15(6-12(11)2)9-19-10-16-7-18-8-17(16)14(19)4/h5-6,14,16-18H,7-10H2,1-4H3. The second-order valence-corrected chi connectivity index (χ2v) is 6.62. The van der Waals surface area contributed by atoms with Gasteiger partial charge in [-0.05, 0) is 74.9 Å². The van der Waals surface area contributed by atoms with E-state index >= 15 is 0 Å². The Balaban J connectivity index is 1.77. The normalized spacial score (nSPS) is 30.8. The van der Waals surface area contributed by atoms with Crippen LogP contribution >= 0.6 is 0 Å². The maximum absolute atomic E-state index is 3.54. The SMILES string of the molecule is Cc1cc(C)c(CN2CC3CNCC3C2C)cc1C. The fraction of sp³-hybridized carbons (Fsp3) is 0.647. The Morgan fingerprint density at radius 1 is 1.11 bits per heavy atom. The molecule has 0 aromatic heterocycles. The number of aryl methyl sites for hydroxylation is 3. The highest BCUT2D eigenvalue weighted by molar-refractivity contribution is 5.36. The second kappa shape index (κ2) is 4.92. The van der Waals surface area contributed by atoms with Gasteiger partial charge < -0.3 is 5.32 Å². The largest absolute Gasteiger partial charge is 0.316 e. The molecule has 2 heteroatoms. The first-order chi connectivity index (χ1) is 9.06. The van der Waals surface area contributed by atoms with Crippen molar-refractivity contribution in [2.45, 2.75) is 40.3 Å². The van der Waals surface area contributed by atoms with Gasteiger partial charge in [0.25, 0.3) is 0 Å². The third-order valence-electron chi connectivity index (χ3n) is 5.38. The lowest BCUT2D eigenvalue weighted by Crippen LogP contribution is -2.33. The number of fused-ring (bicyclic) bond motifs is 1. The van der Waals surface area contributed by atoms with Gasteiger partial charge in [0, 0.05) is 19.1 Å². The lowest BCUT2D eigenvalue weighted by atomic mass is 9.95. The molecule has 3 rings (SSSR count). The molecule has 104 valence electrons. The Morgan fingerprint density at radius 3 is 2.58 bits per heavy atom. The van der Waals surface area contributed by atoms with Gasteiger partial charge in [0.05, 0.1) is 0 Å². The van der Waals surface area contributed by atoms with E-state index in [1.54, 1.807) is 0 Å². The highest BCUT2D eigenvalue weighted by Gasteiger charge is 2.41. The highest BCUT2D eigenvalue weighted by atomic mass is 15.2. The zero-order chi connectivity index (χ0) is 13.6. The van der Waals surface area contributed by atoms with Crippen molar-refractivity contribution in [1.82, 2.24) is 10.2 Å². The Bertz CT molecular complexity index is 480. The summed E-state index contributed by atoms with van der Waals surface area (Å²) < 4.78 is 0. The molecule has 0 bridgehead atoms. The van der Waals surface area contributed by atoms with Crippen LogP contribution in [0.2, 0.25) is 0 Å². The van der Waals surface area contributed by atoms with E-state index in [0.717, 1.165) is 24.4 Å². The molecule has 1 N–H and O–H groups in total. The smallest absolute Gasteiger partial charge is 0.0239 e. The quantitative estimate of drug-likeness (QED) is 0.877. The van der Waals surface area contributed by atoms with Crippen LogP contribution in [0.4, 0.5) is 0 Å². The topological polar surface area (TPSA) is 15.3 Å². The van der Waals surface area contributed by atoms with Crippen molar-refractivity contribution in [3.8, 4) is 0 Å². The van der Waals surface area contributed by atoms with Gasteiger partial charge in [-0.3, -0.25) is 4.90 Å². The minimum absolute atomic E-state index is 0.723. The molecule has 0 aliphatic carbocycles. The third-order valence-corrected chi connectivity index (χ3v) is 5.38. The minimum atomic E-state index is 0.723. The van der Waals surface area contributed by atoms with Crippen LogP contribution < -0.4 is 5.32 Å². The maximum Gasteiger partial charge on any atom is 0.0239 e. The molecule has 2 fully saturated rings. The Kier molecular flexibility index (Phi) is 3.40. The fourth-order valence-electron chi connectivity index (χ4n) is 3.87. The maximum atomic E-state index is 3.54. The van der Waals surface area contributed by atoms with Crippen molar-refractivity contribution in [1.29, 1.82) is 0 Å². The number of nitrogens with one attached hydrogen (secondary N) is 1.